The summed E-state index contributed by atoms with van der Waals surface area (Å²) in [6, 6.07) is 7.65. The molecule has 2 atom stereocenters. The van der Waals surface area contributed by atoms with Crippen LogP contribution >= 0.6 is 11.6 Å². The molecular formula is C18H25ClN2O3. The van der Waals surface area contributed by atoms with E-state index in [0.717, 1.165) is 17.9 Å². The van der Waals surface area contributed by atoms with Gasteiger partial charge in [0.15, 0.2) is 0 Å². The van der Waals surface area contributed by atoms with Crippen molar-refractivity contribution >= 4 is 17.5 Å². The number of morpholine rings is 1. The standard InChI is InChI=1S/C18H25ClN2O3/c1-13-16(20-8-11-24-13)17(22)21-12-18(6-9-23-10-7-18)14-2-4-15(19)5-3-14/h2-5,13,16,20H,6-12H2,1H3,(H,21,22)/t13-,16+/m1/s1. The van der Waals surface area contributed by atoms with Crippen LogP contribution < -0.4 is 10.6 Å². The van der Waals surface area contributed by atoms with E-state index >= 15 is 0 Å². The third kappa shape index (κ3) is 3.91. The van der Waals surface area contributed by atoms with E-state index < -0.39 is 0 Å². The highest BCUT2D eigenvalue weighted by molar-refractivity contribution is 6.30. The lowest BCUT2D eigenvalue weighted by molar-refractivity contribution is -0.129. The quantitative estimate of drug-likeness (QED) is 0.868. The number of hydrogen-bond donors (Lipinski definition) is 2. The summed E-state index contributed by atoms with van der Waals surface area (Å²) >= 11 is 6.02. The van der Waals surface area contributed by atoms with Crippen molar-refractivity contribution in [2.45, 2.75) is 37.3 Å². The highest BCUT2D eigenvalue weighted by Gasteiger charge is 2.36. The number of nitrogens with one attached hydrogen (secondary N) is 2. The molecule has 0 saturated carbocycles. The van der Waals surface area contributed by atoms with Gasteiger partial charge in [-0.25, -0.2) is 0 Å². The van der Waals surface area contributed by atoms with E-state index in [0.29, 0.717) is 32.9 Å². The molecule has 0 bridgehead atoms. The van der Waals surface area contributed by atoms with Gasteiger partial charge in [0.2, 0.25) is 5.91 Å². The monoisotopic (exact) mass is 352 g/mol. The van der Waals surface area contributed by atoms with E-state index in [1.165, 1.54) is 5.56 Å². The average molecular weight is 353 g/mol. The Hall–Kier alpha value is -1.14. The molecule has 2 heterocycles. The van der Waals surface area contributed by atoms with Crippen molar-refractivity contribution < 1.29 is 14.3 Å². The molecule has 5 nitrogen and oxygen atoms in total. The minimum absolute atomic E-state index is 0.00188. The lowest BCUT2D eigenvalue weighted by Gasteiger charge is -2.39. The number of benzene rings is 1. The molecule has 1 aromatic carbocycles. The van der Waals surface area contributed by atoms with Crippen LogP contribution in [0, 0.1) is 0 Å². The van der Waals surface area contributed by atoms with Crippen molar-refractivity contribution in [1.29, 1.82) is 0 Å². The van der Waals surface area contributed by atoms with Crippen LogP contribution in [0.1, 0.15) is 25.3 Å². The molecule has 0 spiro atoms. The lowest BCUT2D eigenvalue weighted by Crippen LogP contribution is -2.57. The van der Waals surface area contributed by atoms with Crippen LogP contribution in [-0.2, 0) is 19.7 Å². The maximum Gasteiger partial charge on any atom is 0.239 e. The molecule has 2 saturated heterocycles. The fourth-order valence-electron chi connectivity index (χ4n) is 3.53. The molecule has 2 fully saturated rings. The van der Waals surface area contributed by atoms with E-state index in [2.05, 4.69) is 22.8 Å². The molecule has 24 heavy (non-hydrogen) atoms. The number of amides is 1. The second-order valence-electron chi connectivity index (χ2n) is 6.63. The number of carbonyl (C=O) groups excluding carboxylic acids is 1. The van der Waals surface area contributed by atoms with Crippen molar-refractivity contribution in [1.82, 2.24) is 10.6 Å². The van der Waals surface area contributed by atoms with Gasteiger partial charge in [0, 0.05) is 36.7 Å². The van der Waals surface area contributed by atoms with Crippen molar-refractivity contribution in [2.75, 3.05) is 32.9 Å². The van der Waals surface area contributed by atoms with Crippen LogP contribution in [0.2, 0.25) is 5.02 Å². The molecule has 1 amide bonds. The Morgan fingerprint density at radius 3 is 2.67 bits per heavy atom. The minimum atomic E-state index is -0.291. The van der Waals surface area contributed by atoms with Gasteiger partial charge in [0.05, 0.1) is 12.7 Å². The zero-order chi connectivity index (χ0) is 17.0. The minimum Gasteiger partial charge on any atom is -0.381 e. The van der Waals surface area contributed by atoms with Crippen LogP contribution in [0.4, 0.5) is 0 Å². The van der Waals surface area contributed by atoms with Crippen LogP contribution in [0.3, 0.4) is 0 Å². The normalized spacial score (nSPS) is 26.8. The van der Waals surface area contributed by atoms with E-state index in [9.17, 15) is 4.79 Å². The summed E-state index contributed by atoms with van der Waals surface area (Å²) in [6.45, 7) is 5.30. The van der Waals surface area contributed by atoms with Gasteiger partial charge in [0.25, 0.3) is 0 Å². The number of carbonyl (C=O) groups is 1. The summed E-state index contributed by atoms with van der Waals surface area (Å²) in [5.74, 6) is 0.00188. The van der Waals surface area contributed by atoms with Gasteiger partial charge < -0.3 is 20.1 Å². The van der Waals surface area contributed by atoms with Gasteiger partial charge in [-0.15, -0.1) is 0 Å². The predicted octanol–water partition coefficient (Wildman–Crippen LogP) is 1.88. The first-order chi connectivity index (χ1) is 11.6. The zero-order valence-electron chi connectivity index (χ0n) is 14.0. The predicted molar refractivity (Wildman–Crippen MR) is 93.4 cm³/mol. The van der Waals surface area contributed by atoms with Gasteiger partial charge in [-0.1, -0.05) is 23.7 Å². The Bertz CT molecular complexity index is 558. The third-order valence-electron chi connectivity index (χ3n) is 5.11. The molecule has 3 rings (SSSR count). The Labute approximate surface area is 148 Å². The molecule has 132 valence electrons. The Balaban J connectivity index is 1.70. The molecule has 2 N–H and O–H groups in total. The first-order valence-corrected chi connectivity index (χ1v) is 8.95. The van der Waals surface area contributed by atoms with E-state index in [4.69, 9.17) is 21.1 Å². The zero-order valence-corrected chi connectivity index (χ0v) is 14.8. The molecule has 2 aliphatic heterocycles. The first-order valence-electron chi connectivity index (χ1n) is 8.57. The Morgan fingerprint density at radius 1 is 1.29 bits per heavy atom. The molecule has 2 aliphatic rings. The number of halogens is 1. The van der Waals surface area contributed by atoms with Crippen LogP contribution in [-0.4, -0.2) is 51.0 Å². The summed E-state index contributed by atoms with van der Waals surface area (Å²) in [7, 11) is 0. The highest BCUT2D eigenvalue weighted by Crippen LogP contribution is 2.35. The maximum absolute atomic E-state index is 12.6. The fourth-order valence-corrected chi connectivity index (χ4v) is 3.65. The molecule has 0 unspecified atom stereocenters. The van der Waals surface area contributed by atoms with Gasteiger partial charge in [0.1, 0.15) is 6.04 Å². The maximum atomic E-state index is 12.6. The summed E-state index contributed by atoms with van der Waals surface area (Å²) in [5.41, 5.74) is 1.11. The largest absolute Gasteiger partial charge is 0.381 e. The number of hydrogen-bond acceptors (Lipinski definition) is 4. The Kier molecular flexibility index (Phi) is 5.76. The number of ether oxygens (including phenoxy) is 2. The van der Waals surface area contributed by atoms with Crippen LogP contribution in [0.25, 0.3) is 0 Å². The second kappa shape index (κ2) is 7.83. The van der Waals surface area contributed by atoms with Gasteiger partial charge >= 0.3 is 0 Å². The van der Waals surface area contributed by atoms with E-state index in [1.807, 2.05) is 19.1 Å². The van der Waals surface area contributed by atoms with Crippen molar-refractivity contribution in [3.05, 3.63) is 34.9 Å². The molecule has 1 aromatic rings. The topological polar surface area (TPSA) is 59.6 Å². The Morgan fingerprint density at radius 2 is 2.00 bits per heavy atom. The number of rotatable bonds is 4. The molecule has 0 aliphatic carbocycles. The molecule has 0 aromatic heterocycles. The van der Waals surface area contributed by atoms with Crippen molar-refractivity contribution in [3.63, 3.8) is 0 Å². The van der Waals surface area contributed by atoms with Crippen molar-refractivity contribution in [3.8, 4) is 0 Å². The van der Waals surface area contributed by atoms with Gasteiger partial charge in [-0.05, 0) is 37.5 Å². The van der Waals surface area contributed by atoms with Crippen molar-refractivity contribution in [2.24, 2.45) is 0 Å². The smallest absolute Gasteiger partial charge is 0.239 e. The lowest BCUT2D eigenvalue weighted by atomic mass is 9.74. The average Bonchev–Trinajstić information content (AvgIpc) is 2.61. The summed E-state index contributed by atoms with van der Waals surface area (Å²) in [4.78, 5) is 12.6. The summed E-state index contributed by atoms with van der Waals surface area (Å²) < 4.78 is 11.1. The molecule has 6 heteroatoms. The van der Waals surface area contributed by atoms with Gasteiger partial charge in [-0.3, -0.25) is 4.79 Å². The molecular weight excluding hydrogens is 328 g/mol. The molecule has 0 radical (unpaired) electrons. The SMILES string of the molecule is C[C@H]1OCCN[C@@H]1C(=O)NCC1(c2ccc(Cl)cc2)CCOCC1. The second-order valence-corrected chi connectivity index (χ2v) is 7.06. The first kappa shape index (κ1) is 17.7. The van der Waals surface area contributed by atoms with E-state index in [-0.39, 0.29) is 23.5 Å². The fraction of sp³-hybridized carbons (Fsp3) is 0.611. The van der Waals surface area contributed by atoms with Crippen LogP contribution in [0.15, 0.2) is 24.3 Å². The highest BCUT2D eigenvalue weighted by atomic mass is 35.5. The van der Waals surface area contributed by atoms with E-state index in [1.54, 1.807) is 0 Å². The van der Waals surface area contributed by atoms with Gasteiger partial charge in [-0.2, -0.15) is 0 Å². The summed E-state index contributed by atoms with van der Waals surface area (Å²) in [5, 5.41) is 7.10. The summed E-state index contributed by atoms with van der Waals surface area (Å²) in [6.07, 6.45) is 1.66. The van der Waals surface area contributed by atoms with Crippen LogP contribution in [0.5, 0.6) is 0 Å². The third-order valence-corrected chi connectivity index (χ3v) is 5.36.